The van der Waals surface area contributed by atoms with Crippen LogP contribution in [0.15, 0.2) is 12.1 Å². The van der Waals surface area contributed by atoms with Crippen LogP contribution in [0.2, 0.25) is 0 Å². The molecular formula is C16H20N2O3. The molecule has 5 nitrogen and oxygen atoms in total. The van der Waals surface area contributed by atoms with Gasteiger partial charge in [0.2, 0.25) is 0 Å². The number of aliphatic hydroxyl groups excluding tert-OH is 1. The predicted octanol–water partition coefficient (Wildman–Crippen LogP) is 0.602. The maximum atomic E-state index is 11.6. The Morgan fingerprint density at radius 2 is 2.33 bits per heavy atom. The first-order valence-corrected chi connectivity index (χ1v) is 7.57. The molecule has 4 rings (SSSR count). The summed E-state index contributed by atoms with van der Waals surface area (Å²) in [5, 5.41) is 14.0. The van der Waals surface area contributed by atoms with E-state index in [1.807, 2.05) is 13.0 Å². The van der Waals surface area contributed by atoms with Crippen LogP contribution < -0.4 is 5.32 Å². The fourth-order valence-electron chi connectivity index (χ4n) is 3.76. The molecule has 0 spiro atoms. The van der Waals surface area contributed by atoms with Gasteiger partial charge in [-0.15, -0.1) is 0 Å². The summed E-state index contributed by atoms with van der Waals surface area (Å²) in [4.78, 5) is 13.9. The third-order valence-corrected chi connectivity index (χ3v) is 5.16. The van der Waals surface area contributed by atoms with Crippen molar-refractivity contribution in [3.63, 3.8) is 0 Å². The summed E-state index contributed by atoms with van der Waals surface area (Å²) in [6, 6.07) is 4.27. The predicted molar refractivity (Wildman–Crippen MR) is 77.0 cm³/mol. The van der Waals surface area contributed by atoms with Gasteiger partial charge in [-0.05, 0) is 24.1 Å². The number of carbonyl (C=O) groups is 1. The molecule has 21 heavy (non-hydrogen) atoms. The number of hydrogen-bond donors (Lipinski definition) is 2. The van der Waals surface area contributed by atoms with Crippen molar-refractivity contribution in [1.82, 2.24) is 10.2 Å². The van der Waals surface area contributed by atoms with Gasteiger partial charge in [-0.3, -0.25) is 4.90 Å². The summed E-state index contributed by atoms with van der Waals surface area (Å²) in [6.07, 6.45) is -0.511. The van der Waals surface area contributed by atoms with Crippen LogP contribution in [-0.4, -0.2) is 48.2 Å². The number of carbonyl (C=O) groups excluding carboxylic acids is 1. The fourth-order valence-corrected chi connectivity index (χ4v) is 3.76. The monoisotopic (exact) mass is 288 g/mol. The largest absolute Gasteiger partial charge is 0.457 e. The van der Waals surface area contributed by atoms with Crippen molar-refractivity contribution in [3.05, 3.63) is 34.4 Å². The number of nitrogens with one attached hydrogen (secondary N) is 1. The number of aliphatic hydroxyl groups is 1. The van der Waals surface area contributed by atoms with Gasteiger partial charge in [0.05, 0.1) is 11.7 Å². The van der Waals surface area contributed by atoms with Gasteiger partial charge in [0.25, 0.3) is 0 Å². The van der Waals surface area contributed by atoms with Gasteiger partial charge >= 0.3 is 5.97 Å². The number of ether oxygens (including phenoxy) is 1. The highest BCUT2D eigenvalue weighted by Crippen LogP contribution is 2.31. The van der Waals surface area contributed by atoms with Crippen molar-refractivity contribution >= 4 is 5.97 Å². The molecule has 5 heteroatoms. The van der Waals surface area contributed by atoms with Gasteiger partial charge < -0.3 is 15.2 Å². The van der Waals surface area contributed by atoms with Gasteiger partial charge in [0.1, 0.15) is 6.61 Å². The average molecular weight is 288 g/mol. The van der Waals surface area contributed by atoms with Gasteiger partial charge in [0, 0.05) is 43.7 Å². The summed E-state index contributed by atoms with van der Waals surface area (Å²) in [5.74, 6) is 0.501. The van der Waals surface area contributed by atoms with Crippen molar-refractivity contribution in [2.75, 3.05) is 26.2 Å². The number of β-amino-alcohol motifs (C(OH)–C–C–N with tert-alkyl or cyclic N) is 1. The smallest absolute Gasteiger partial charge is 0.338 e. The maximum Gasteiger partial charge on any atom is 0.338 e. The second-order valence-electron chi connectivity index (χ2n) is 6.39. The standard InChI is InChI=1S/C16H20N2O3/c1-9-11(2-3-12-13(9)8-21-16(12)20)15(19)7-18-5-10-4-17-14(10)6-18/h2-3,10,14-15,17,19H,4-8H2,1H3/t10?,14?,15-/m0/s1. The van der Waals surface area contributed by atoms with Crippen molar-refractivity contribution in [2.24, 2.45) is 5.92 Å². The Kier molecular flexibility index (Phi) is 3.03. The van der Waals surface area contributed by atoms with Crippen molar-refractivity contribution in [1.29, 1.82) is 0 Å². The Bertz CT molecular complexity index is 589. The quantitative estimate of drug-likeness (QED) is 0.798. The highest BCUT2D eigenvalue weighted by molar-refractivity contribution is 5.93. The first kappa shape index (κ1) is 13.2. The molecule has 0 bridgehead atoms. The van der Waals surface area contributed by atoms with Gasteiger partial charge in [-0.25, -0.2) is 4.79 Å². The molecule has 3 atom stereocenters. The summed E-state index contributed by atoms with van der Waals surface area (Å²) in [7, 11) is 0. The van der Waals surface area contributed by atoms with Gasteiger partial charge in [-0.1, -0.05) is 6.07 Å². The zero-order chi connectivity index (χ0) is 14.6. The van der Waals surface area contributed by atoms with E-state index in [-0.39, 0.29) is 5.97 Å². The molecule has 3 heterocycles. The lowest BCUT2D eigenvalue weighted by Crippen LogP contribution is -2.51. The van der Waals surface area contributed by atoms with E-state index in [1.54, 1.807) is 6.07 Å². The van der Waals surface area contributed by atoms with E-state index in [2.05, 4.69) is 10.2 Å². The Morgan fingerprint density at radius 1 is 1.48 bits per heavy atom. The van der Waals surface area contributed by atoms with Crippen LogP contribution in [0.3, 0.4) is 0 Å². The van der Waals surface area contributed by atoms with Crippen molar-refractivity contribution in [3.8, 4) is 0 Å². The molecule has 1 aromatic rings. The number of esters is 1. The molecular weight excluding hydrogens is 268 g/mol. The van der Waals surface area contributed by atoms with Crippen LogP contribution in [0, 0.1) is 12.8 Å². The summed E-state index contributed by atoms with van der Waals surface area (Å²) < 4.78 is 5.07. The Labute approximate surface area is 123 Å². The Hall–Kier alpha value is -1.43. The second-order valence-corrected chi connectivity index (χ2v) is 6.39. The van der Waals surface area contributed by atoms with E-state index < -0.39 is 6.10 Å². The molecule has 2 saturated heterocycles. The number of cyclic esters (lactones) is 1. The molecule has 0 amide bonds. The van der Waals surface area contributed by atoms with E-state index in [4.69, 9.17) is 4.74 Å². The number of likely N-dealkylation sites (tertiary alicyclic amines) is 1. The third kappa shape index (κ3) is 2.08. The lowest BCUT2D eigenvalue weighted by atomic mass is 9.95. The lowest BCUT2D eigenvalue weighted by molar-refractivity contribution is 0.0535. The number of rotatable bonds is 3. The van der Waals surface area contributed by atoms with Crippen LogP contribution in [0.5, 0.6) is 0 Å². The zero-order valence-electron chi connectivity index (χ0n) is 12.1. The zero-order valence-corrected chi connectivity index (χ0v) is 12.1. The third-order valence-electron chi connectivity index (χ3n) is 5.16. The number of hydrogen-bond acceptors (Lipinski definition) is 5. The SMILES string of the molecule is Cc1c([C@@H](O)CN2CC3CNC3C2)ccc2c1COC2=O. The highest BCUT2D eigenvalue weighted by Gasteiger charge is 2.39. The molecule has 0 aliphatic carbocycles. The molecule has 0 aromatic heterocycles. The van der Waals surface area contributed by atoms with Crippen LogP contribution in [0.1, 0.15) is 33.2 Å². The minimum atomic E-state index is -0.511. The Balaban J connectivity index is 1.52. The molecule has 2 unspecified atom stereocenters. The minimum Gasteiger partial charge on any atom is -0.457 e. The van der Waals surface area contributed by atoms with Crippen molar-refractivity contribution < 1.29 is 14.6 Å². The van der Waals surface area contributed by atoms with Crippen LogP contribution in [0.25, 0.3) is 0 Å². The van der Waals surface area contributed by atoms with Crippen LogP contribution in [0.4, 0.5) is 0 Å². The molecule has 0 saturated carbocycles. The summed E-state index contributed by atoms with van der Waals surface area (Å²) in [6.45, 7) is 6.15. The molecule has 2 N–H and O–H groups in total. The van der Waals surface area contributed by atoms with Crippen LogP contribution >= 0.6 is 0 Å². The van der Waals surface area contributed by atoms with Gasteiger partial charge in [-0.2, -0.15) is 0 Å². The number of nitrogens with zero attached hydrogens (tertiary/aromatic N) is 1. The minimum absolute atomic E-state index is 0.253. The molecule has 1 aromatic carbocycles. The van der Waals surface area contributed by atoms with E-state index in [9.17, 15) is 9.90 Å². The topological polar surface area (TPSA) is 61.8 Å². The van der Waals surface area contributed by atoms with Gasteiger partial charge in [0.15, 0.2) is 0 Å². The summed E-state index contributed by atoms with van der Waals surface area (Å²) in [5.41, 5.74) is 3.48. The molecule has 112 valence electrons. The Morgan fingerprint density at radius 3 is 3.00 bits per heavy atom. The highest BCUT2D eigenvalue weighted by atomic mass is 16.5. The van der Waals surface area contributed by atoms with E-state index in [0.717, 1.165) is 42.2 Å². The first-order chi connectivity index (χ1) is 10.1. The average Bonchev–Trinajstić information content (AvgIpc) is 2.94. The summed E-state index contributed by atoms with van der Waals surface area (Å²) >= 11 is 0. The normalized spacial score (nSPS) is 28.8. The second kappa shape index (κ2) is 4.80. The number of benzene rings is 1. The van der Waals surface area contributed by atoms with Crippen molar-refractivity contribution in [2.45, 2.75) is 25.7 Å². The van der Waals surface area contributed by atoms with Crippen LogP contribution in [-0.2, 0) is 11.3 Å². The molecule has 3 aliphatic rings. The lowest BCUT2D eigenvalue weighted by Gasteiger charge is -2.30. The molecule has 2 fully saturated rings. The first-order valence-electron chi connectivity index (χ1n) is 7.57. The maximum absolute atomic E-state index is 11.6. The van der Waals surface area contributed by atoms with E-state index in [1.165, 1.54) is 0 Å². The number of fused-ring (bicyclic) bond motifs is 2. The van der Waals surface area contributed by atoms with E-state index in [0.29, 0.717) is 24.8 Å². The van der Waals surface area contributed by atoms with E-state index >= 15 is 0 Å². The molecule has 3 aliphatic heterocycles. The fraction of sp³-hybridized carbons (Fsp3) is 0.562. The molecule has 0 radical (unpaired) electrons.